The quantitative estimate of drug-likeness (QED) is 0.299. The Balaban J connectivity index is 1.61. The average molecular weight is 613 g/mol. The highest BCUT2D eigenvalue weighted by Crippen LogP contribution is 2.45. The summed E-state index contributed by atoms with van der Waals surface area (Å²) in [6.45, 7) is 4.81. The molecule has 0 aromatic heterocycles. The molecule has 2 aliphatic heterocycles. The predicted molar refractivity (Wildman–Crippen MR) is 163 cm³/mol. The molecule has 42 heavy (non-hydrogen) atoms. The number of benzene rings is 3. The van der Waals surface area contributed by atoms with Crippen LogP contribution in [0.3, 0.4) is 0 Å². The number of carbonyl (C=O) groups excluding carboxylic acids is 2. The van der Waals surface area contributed by atoms with E-state index in [9.17, 15) is 14.0 Å². The van der Waals surface area contributed by atoms with Crippen LogP contribution in [0.25, 0.3) is 0 Å². The van der Waals surface area contributed by atoms with Crippen molar-refractivity contribution in [2.24, 2.45) is 0 Å². The second-order valence-electron chi connectivity index (χ2n) is 11.1. The molecule has 6 nitrogen and oxygen atoms in total. The molecule has 2 fully saturated rings. The van der Waals surface area contributed by atoms with Crippen molar-refractivity contribution >= 4 is 35.0 Å². The second-order valence-corrected chi connectivity index (χ2v) is 12.0. The molecule has 0 N–H and O–H groups in total. The average Bonchev–Trinajstić information content (AvgIpc) is 2.99. The molecule has 3 aromatic rings. The highest BCUT2D eigenvalue weighted by atomic mass is 35.5. The van der Waals surface area contributed by atoms with Crippen LogP contribution in [-0.4, -0.2) is 71.9 Å². The maximum absolute atomic E-state index is 14.5. The van der Waals surface area contributed by atoms with Gasteiger partial charge in [0, 0.05) is 42.6 Å². The van der Waals surface area contributed by atoms with E-state index in [0.29, 0.717) is 29.6 Å². The van der Waals surface area contributed by atoms with E-state index in [1.165, 1.54) is 12.1 Å². The Hall–Kier alpha value is -2.97. The summed E-state index contributed by atoms with van der Waals surface area (Å²) in [4.78, 5) is 34.6. The first-order chi connectivity index (χ1) is 20.2. The van der Waals surface area contributed by atoms with Crippen LogP contribution in [0.5, 0.6) is 0 Å². The minimum Gasteiger partial charge on any atom is -0.358 e. The third-order valence-corrected chi connectivity index (χ3v) is 8.67. The van der Waals surface area contributed by atoms with Crippen molar-refractivity contribution in [3.05, 3.63) is 105 Å². The minimum atomic E-state index is -0.876. The van der Waals surface area contributed by atoms with E-state index < -0.39 is 24.3 Å². The summed E-state index contributed by atoms with van der Waals surface area (Å²) >= 11 is 12.5. The number of nitrogens with zero attached hydrogens (tertiary/aromatic N) is 3. The summed E-state index contributed by atoms with van der Waals surface area (Å²) in [6, 6.07) is 19.6. The van der Waals surface area contributed by atoms with Gasteiger partial charge in [0.05, 0.1) is 6.04 Å². The molecule has 9 heteroatoms. The van der Waals surface area contributed by atoms with Gasteiger partial charge in [0.25, 0.3) is 5.91 Å². The van der Waals surface area contributed by atoms with Crippen molar-refractivity contribution < 1.29 is 18.7 Å². The number of halogens is 3. The summed E-state index contributed by atoms with van der Waals surface area (Å²) in [6.07, 6.45) is 0.00770. The van der Waals surface area contributed by atoms with Gasteiger partial charge in [-0.25, -0.2) is 4.39 Å². The molecule has 3 aromatic carbocycles. The molecule has 4 atom stereocenters. The van der Waals surface area contributed by atoms with Crippen LogP contribution in [0.15, 0.2) is 72.8 Å². The number of carbonyl (C=O) groups is 2. The highest BCUT2D eigenvalue weighted by molar-refractivity contribution is 6.30. The summed E-state index contributed by atoms with van der Waals surface area (Å²) in [5.41, 5.74) is 2.43. The number of hydrogen-bond acceptors (Lipinski definition) is 4. The monoisotopic (exact) mass is 611 g/mol. The maximum atomic E-state index is 14.5. The van der Waals surface area contributed by atoms with E-state index in [4.69, 9.17) is 27.9 Å². The first-order valence-corrected chi connectivity index (χ1v) is 15.2. The van der Waals surface area contributed by atoms with Crippen molar-refractivity contribution in [3.63, 3.8) is 0 Å². The van der Waals surface area contributed by atoms with Gasteiger partial charge in [0.15, 0.2) is 0 Å². The van der Waals surface area contributed by atoms with Crippen LogP contribution in [0.2, 0.25) is 10.0 Å². The molecule has 5 rings (SSSR count). The van der Waals surface area contributed by atoms with Crippen LogP contribution in [-0.2, 0) is 20.7 Å². The van der Waals surface area contributed by atoms with E-state index in [1.54, 1.807) is 41.3 Å². The Morgan fingerprint density at radius 3 is 2.05 bits per heavy atom. The molecule has 0 unspecified atom stereocenters. The van der Waals surface area contributed by atoms with Gasteiger partial charge in [0.1, 0.15) is 24.1 Å². The Morgan fingerprint density at radius 2 is 1.48 bits per heavy atom. The van der Waals surface area contributed by atoms with Crippen LogP contribution in [0.1, 0.15) is 48.6 Å². The Kier molecular flexibility index (Phi) is 9.84. The zero-order valence-corrected chi connectivity index (χ0v) is 25.4. The van der Waals surface area contributed by atoms with Gasteiger partial charge in [-0.15, -0.1) is 0 Å². The van der Waals surface area contributed by atoms with E-state index in [1.807, 2.05) is 43.1 Å². The van der Waals surface area contributed by atoms with Crippen molar-refractivity contribution in [3.8, 4) is 0 Å². The number of ether oxygens (including phenoxy) is 1. The van der Waals surface area contributed by atoms with E-state index in [2.05, 4.69) is 4.90 Å². The molecule has 2 aliphatic rings. The SMILES string of the molecule is CCC[C@H](C(=O)N1CCN(C)CC1)N1C(=O)[C@H](Cc2ccc(F)cc2)O[C@@H](c2ccc(Cl)cc2)[C@H]1c1ccc(Cl)cc1. The van der Waals surface area contributed by atoms with Crippen LogP contribution < -0.4 is 0 Å². The van der Waals surface area contributed by atoms with Crippen molar-refractivity contribution in [2.75, 3.05) is 33.2 Å². The topological polar surface area (TPSA) is 53.1 Å². The van der Waals surface area contributed by atoms with Gasteiger partial charge in [-0.05, 0) is 66.6 Å². The van der Waals surface area contributed by atoms with Gasteiger partial charge in [0.2, 0.25) is 5.91 Å². The lowest BCUT2D eigenvalue weighted by Gasteiger charge is -2.49. The van der Waals surface area contributed by atoms with E-state index in [0.717, 1.165) is 36.2 Å². The number of morpholine rings is 1. The third-order valence-electron chi connectivity index (χ3n) is 8.17. The Morgan fingerprint density at radius 1 is 0.905 bits per heavy atom. The van der Waals surface area contributed by atoms with Crippen LogP contribution in [0.4, 0.5) is 4.39 Å². The van der Waals surface area contributed by atoms with E-state index >= 15 is 0 Å². The fraction of sp³-hybridized carbons (Fsp3) is 0.394. The molecule has 0 bridgehead atoms. The zero-order valence-electron chi connectivity index (χ0n) is 23.9. The Labute approximate surface area is 256 Å². The standard InChI is InChI=1S/C33H36Cl2FN3O3/c1-3-4-28(32(40)38-19-17-37(2)18-20-38)39-30(23-7-11-25(34)12-8-23)31(24-9-13-26(35)14-10-24)42-29(33(39)41)21-22-5-15-27(36)16-6-22/h5-16,28-31H,3-4,17-21H2,1-2H3/t28-,29+,30-,31+/m1/s1. The summed E-state index contributed by atoms with van der Waals surface area (Å²) in [5, 5.41) is 1.16. The molecular weight excluding hydrogens is 576 g/mol. The summed E-state index contributed by atoms with van der Waals surface area (Å²) < 4.78 is 20.4. The second kappa shape index (κ2) is 13.6. The molecule has 0 spiro atoms. The third kappa shape index (κ3) is 6.81. The largest absolute Gasteiger partial charge is 0.358 e. The van der Waals surface area contributed by atoms with E-state index in [-0.39, 0.29) is 24.1 Å². The zero-order chi connectivity index (χ0) is 29.8. The molecule has 2 saturated heterocycles. The van der Waals surface area contributed by atoms with Crippen molar-refractivity contribution in [1.29, 1.82) is 0 Å². The molecule has 2 heterocycles. The van der Waals surface area contributed by atoms with Gasteiger partial charge in [-0.2, -0.15) is 0 Å². The summed E-state index contributed by atoms with van der Waals surface area (Å²) in [7, 11) is 2.05. The molecular formula is C33H36Cl2FN3O3. The number of amides is 2. The Bertz CT molecular complexity index is 1360. The van der Waals surface area contributed by atoms with Gasteiger partial charge >= 0.3 is 0 Å². The molecule has 0 saturated carbocycles. The van der Waals surface area contributed by atoms with Crippen molar-refractivity contribution in [2.45, 2.75) is 50.5 Å². The molecule has 2 amide bonds. The lowest BCUT2D eigenvalue weighted by atomic mass is 9.88. The normalized spacial score (nSPS) is 22.3. The highest BCUT2D eigenvalue weighted by Gasteiger charge is 2.49. The van der Waals surface area contributed by atoms with Gasteiger partial charge < -0.3 is 19.4 Å². The maximum Gasteiger partial charge on any atom is 0.253 e. The van der Waals surface area contributed by atoms with Crippen LogP contribution in [0, 0.1) is 5.82 Å². The number of likely N-dealkylation sites (N-methyl/N-ethyl adjacent to an activating group) is 1. The smallest absolute Gasteiger partial charge is 0.253 e. The summed E-state index contributed by atoms with van der Waals surface area (Å²) in [5.74, 6) is -0.654. The number of rotatable bonds is 8. The fourth-order valence-electron chi connectivity index (χ4n) is 5.88. The fourth-order valence-corrected chi connectivity index (χ4v) is 6.13. The minimum absolute atomic E-state index is 0.0467. The van der Waals surface area contributed by atoms with Gasteiger partial charge in [-0.3, -0.25) is 9.59 Å². The number of hydrogen-bond donors (Lipinski definition) is 0. The first kappa shape index (κ1) is 30.5. The molecule has 0 aliphatic carbocycles. The molecule has 0 radical (unpaired) electrons. The van der Waals surface area contributed by atoms with Gasteiger partial charge in [-0.1, -0.05) is 72.9 Å². The van der Waals surface area contributed by atoms with Crippen LogP contribution >= 0.6 is 23.2 Å². The number of piperazine rings is 1. The lowest BCUT2D eigenvalue weighted by Crippen LogP contribution is -2.61. The first-order valence-electron chi connectivity index (χ1n) is 14.5. The lowest BCUT2D eigenvalue weighted by molar-refractivity contribution is -0.183. The van der Waals surface area contributed by atoms with Crippen molar-refractivity contribution in [1.82, 2.24) is 14.7 Å². The molecule has 222 valence electrons. The predicted octanol–water partition coefficient (Wildman–Crippen LogP) is 6.33.